The summed E-state index contributed by atoms with van der Waals surface area (Å²) in [7, 11) is 0. The second-order valence-electron chi connectivity index (χ2n) is 6.43. The number of rotatable bonds is 6. The van der Waals surface area contributed by atoms with Gasteiger partial charge in [0.15, 0.2) is 16.8 Å². The number of thioether (sulfide) groups is 1. The predicted molar refractivity (Wildman–Crippen MR) is 107 cm³/mol. The largest absolute Gasteiger partial charge is 0.302 e. The van der Waals surface area contributed by atoms with Gasteiger partial charge in [0.25, 0.3) is 0 Å². The number of aryl methyl sites for hydroxylation is 2. The average molecular weight is 384 g/mol. The van der Waals surface area contributed by atoms with Crippen LogP contribution in [0.5, 0.6) is 0 Å². The Kier molecular flexibility index (Phi) is 5.22. The van der Waals surface area contributed by atoms with E-state index in [2.05, 4.69) is 33.8 Å². The Balaban J connectivity index is 1.48. The summed E-state index contributed by atoms with van der Waals surface area (Å²) in [6.07, 6.45) is 4.72. The van der Waals surface area contributed by atoms with E-state index < -0.39 is 0 Å². The molecule has 6 heteroatoms. The fourth-order valence-electron chi connectivity index (χ4n) is 3.39. The number of nitrogens with zero attached hydrogens (tertiary/aromatic N) is 3. The minimum atomic E-state index is 0.159. The minimum Gasteiger partial charge on any atom is -0.302 e. The molecule has 26 heavy (non-hydrogen) atoms. The molecular weight excluding hydrogens is 362 g/mol. The molecule has 0 radical (unpaired) electrons. The van der Waals surface area contributed by atoms with Gasteiger partial charge < -0.3 is 4.57 Å². The van der Waals surface area contributed by atoms with Crippen LogP contribution in [0, 0.1) is 0 Å². The van der Waals surface area contributed by atoms with Crippen LogP contribution in [0.15, 0.2) is 40.9 Å². The van der Waals surface area contributed by atoms with Crippen molar-refractivity contribution in [3.63, 3.8) is 0 Å². The molecule has 0 saturated heterocycles. The van der Waals surface area contributed by atoms with Gasteiger partial charge >= 0.3 is 0 Å². The highest BCUT2D eigenvalue weighted by atomic mass is 32.2. The van der Waals surface area contributed by atoms with Gasteiger partial charge in [-0.15, -0.1) is 21.5 Å². The predicted octanol–water partition coefficient (Wildman–Crippen LogP) is 4.88. The fourth-order valence-corrected chi connectivity index (χ4v) is 5.00. The molecule has 134 valence electrons. The van der Waals surface area contributed by atoms with Crippen LogP contribution in [0.2, 0.25) is 0 Å². The van der Waals surface area contributed by atoms with Crippen molar-refractivity contribution in [3.05, 3.63) is 52.4 Å². The summed E-state index contributed by atoms with van der Waals surface area (Å²) in [4.78, 5) is 13.8. The average Bonchev–Trinajstić information content (AvgIpc) is 3.34. The lowest BCUT2D eigenvalue weighted by molar-refractivity contribution is 0.102. The van der Waals surface area contributed by atoms with Crippen molar-refractivity contribution >= 4 is 28.9 Å². The number of carbonyl (C=O) groups excluding carboxylic acids is 1. The Labute approximate surface area is 161 Å². The molecule has 0 N–H and O–H groups in total. The van der Waals surface area contributed by atoms with Crippen molar-refractivity contribution in [2.24, 2.45) is 0 Å². The van der Waals surface area contributed by atoms with Crippen molar-refractivity contribution in [1.82, 2.24) is 14.8 Å². The summed E-state index contributed by atoms with van der Waals surface area (Å²) in [5.74, 6) is 1.43. The van der Waals surface area contributed by atoms with Crippen LogP contribution in [0.25, 0.3) is 10.7 Å². The van der Waals surface area contributed by atoms with Gasteiger partial charge in [0.05, 0.1) is 10.6 Å². The molecule has 1 aliphatic carbocycles. The molecule has 0 saturated carbocycles. The van der Waals surface area contributed by atoms with Crippen LogP contribution in [0.3, 0.4) is 0 Å². The summed E-state index contributed by atoms with van der Waals surface area (Å²) < 4.78 is 2.08. The first-order valence-corrected chi connectivity index (χ1v) is 10.9. The quantitative estimate of drug-likeness (QED) is 0.450. The Morgan fingerprint density at radius 2 is 2.04 bits per heavy atom. The molecule has 1 aromatic carbocycles. The third-order valence-corrected chi connectivity index (χ3v) is 6.61. The Morgan fingerprint density at radius 1 is 1.19 bits per heavy atom. The first-order valence-electron chi connectivity index (χ1n) is 9.01. The van der Waals surface area contributed by atoms with E-state index in [9.17, 15) is 4.79 Å². The number of ketones is 1. The third kappa shape index (κ3) is 3.48. The zero-order chi connectivity index (χ0) is 17.9. The molecule has 0 bridgehead atoms. The second kappa shape index (κ2) is 7.76. The van der Waals surface area contributed by atoms with Crippen molar-refractivity contribution in [2.75, 3.05) is 5.75 Å². The maximum atomic E-state index is 12.7. The highest BCUT2D eigenvalue weighted by Gasteiger charge is 2.17. The van der Waals surface area contributed by atoms with Gasteiger partial charge in [0.1, 0.15) is 0 Å². The monoisotopic (exact) mass is 383 g/mol. The zero-order valence-corrected chi connectivity index (χ0v) is 16.4. The van der Waals surface area contributed by atoms with Crippen LogP contribution >= 0.6 is 23.1 Å². The van der Waals surface area contributed by atoms with E-state index >= 15 is 0 Å². The lowest BCUT2D eigenvalue weighted by Gasteiger charge is -2.16. The standard InChI is InChI=1S/C20H21N3OS2/c1-2-23-19(18-8-5-11-25-18)21-22-20(23)26-13-17(24)16-10-9-14-6-3-4-7-15(14)12-16/h5,8-12H,2-4,6-7,13H2,1H3. The molecule has 2 heterocycles. The molecule has 3 aromatic rings. The maximum Gasteiger partial charge on any atom is 0.191 e. The summed E-state index contributed by atoms with van der Waals surface area (Å²) >= 11 is 3.13. The number of thiophene rings is 1. The van der Waals surface area contributed by atoms with Gasteiger partial charge in [0, 0.05) is 12.1 Å². The van der Waals surface area contributed by atoms with Crippen LogP contribution in [-0.4, -0.2) is 26.3 Å². The smallest absolute Gasteiger partial charge is 0.191 e. The number of aromatic nitrogens is 3. The molecule has 0 fully saturated rings. The van der Waals surface area contributed by atoms with Crippen molar-refractivity contribution < 1.29 is 4.79 Å². The summed E-state index contributed by atoms with van der Waals surface area (Å²) in [6, 6.07) is 10.3. The lowest BCUT2D eigenvalue weighted by atomic mass is 9.90. The van der Waals surface area contributed by atoms with E-state index in [1.807, 2.05) is 23.6 Å². The van der Waals surface area contributed by atoms with Crippen LogP contribution in [0.4, 0.5) is 0 Å². The second-order valence-corrected chi connectivity index (χ2v) is 8.32. The zero-order valence-electron chi connectivity index (χ0n) is 14.8. The van der Waals surface area contributed by atoms with E-state index in [1.54, 1.807) is 11.3 Å². The van der Waals surface area contributed by atoms with E-state index in [4.69, 9.17) is 0 Å². The molecule has 4 nitrogen and oxygen atoms in total. The van der Waals surface area contributed by atoms with Gasteiger partial charge in [-0.25, -0.2) is 0 Å². The minimum absolute atomic E-state index is 0.159. The van der Waals surface area contributed by atoms with Gasteiger partial charge in [-0.2, -0.15) is 0 Å². The van der Waals surface area contributed by atoms with Gasteiger partial charge in [-0.3, -0.25) is 4.79 Å². The number of hydrogen-bond donors (Lipinski definition) is 0. The topological polar surface area (TPSA) is 47.8 Å². The van der Waals surface area contributed by atoms with Crippen molar-refractivity contribution in [2.45, 2.75) is 44.3 Å². The van der Waals surface area contributed by atoms with Crippen molar-refractivity contribution in [1.29, 1.82) is 0 Å². The van der Waals surface area contributed by atoms with E-state index in [1.165, 1.54) is 35.7 Å². The first kappa shape index (κ1) is 17.5. The molecule has 0 unspecified atom stereocenters. The highest BCUT2D eigenvalue weighted by molar-refractivity contribution is 7.99. The van der Waals surface area contributed by atoms with Gasteiger partial charge in [0.2, 0.25) is 0 Å². The van der Waals surface area contributed by atoms with Crippen LogP contribution in [-0.2, 0) is 19.4 Å². The maximum absolute atomic E-state index is 12.7. The third-order valence-electron chi connectivity index (χ3n) is 4.78. The Bertz CT molecular complexity index is 915. The summed E-state index contributed by atoms with van der Waals surface area (Å²) in [5.41, 5.74) is 3.58. The van der Waals surface area contributed by atoms with Gasteiger partial charge in [-0.1, -0.05) is 30.0 Å². The number of hydrogen-bond acceptors (Lipinski definition) is 5. The highest BCUT2D eigenvalue weighted by Crippen LogP contribution is 2.28. The van der Waals surface area contributed by atoms with Crippen LogP contribution < -0.4 is 0 Å². The summed E-state index contributed by atoms with van der Waals surface area (Å²) in [6.45, 7) is 2.87. The molecule has 0 aliphatic heterocycles. The van der Waals surface area contributed by atoms with E-state index in [0.29, 0.717) is 5.75 Å². The van der Waals surface area contributed by atoms with Crippen molar-refractivity contribution in [3.8, 4) is 10.7 Å². The molecule has 1 aliphatic rings. The number of fused-ring (bicyclic) bond motifs is 1. The van der Waals surface area contributed by atoms with Gasteiger partial charge in [-0.05, 0) is 61.2 Å². The molecule has 0 atom stereocenters. The van der Waals surface area contributed by atoms with E-state index in [-0.39, 0.29) is 5.78 Å². The molecular formula is C20H21N3OS2. The normalized spacial score (nSPS) is 13.6. The number of carbonyl (C=O) groups is 1. The number of benzene rings is 1. The molecule has 2 aromatic heterocycles. The molecule has 4 rings (SSSR count). The molecule has 0 amide bonds. The Hall–Kier alpha value is -1.92. The molecule has 0 spiro atoms. The Morgan fingerprint density at radius 3 is 2.81 bits per heavy atom. The number of Topliss-reactive ketones (excluding diaryl/α,β-unsaturated/α-hetero) is 1. The van der Waals surface area contributed by atoms with Crippen LogP contribution in [0.1, 0.15) is 41.3 Å². The fraction of sp³-hybridized carbons (Fsp3) is 0.350. The lowest BCUT2D eigenvalue weighted by Crippen LogP contribution is -2.08. The first-order chi connectivity index (χ1) is 12.8. The summed E-state index contributed by atoms with van der Waals surface area (Å²) in [5, 5.41) is 11.5. The van der Waals surface area contributed by atoms with E-state index in [0.717, 1.165) is 40.8 Å². The SMILES string of the molecule is CCn1c(SCC(=O)c2ccc3c(c2)CCCC3)nnc1-c1cccs1.